The van der Waals surface area contributed by atoms with Gasteiger partial charge >= 0.3 is 0 Å². The van der Waals surface area contributed by atoms with Crippen molar-refractivity contribution in [2.75, 3.05) is 13.2 Å². The van der Waals surface area contributed by atoms with Gasteiger partial charge in [0.25, 0.3) is 0 Å². The lowest BCUT2D eigenvalue weighted by molar-refractivity contribution is 0.191. The van der Waals surface area contributed by atoms with Gasteiger partial charge in [-0.25, -0.2) is 0 Å². The van der Waals surface area contributed by atoms with Gasteiger partial charge in [0.1, 0.15) is 0 Å². The Morgan fingerprint density at radius 3 is 1.70 bits per heavy atom. The molecule has 0 amide bonds. The Labute approximate surface area is 140 Å². The molecule has 4 rings (SSSR count). The van der Waals surface area contributed by atoms with E-state index in [0.29, 0.717) is 36.3 Å². The molecule has 0 radical (unpaired) electrons. The molecule has 3 heteroatoms. The summed E-state index contributed by atoms with van der Waals surface area (Å²) in [5.74, 6) is 1.43. The van der Waals surface area contributed by atoms with E-state index >= 15 is 0 Å². The van der Waals surface area contributed by atoms with Crippen LogP contribution < -0.4 is 0 Å². The molecule has 0 N–H and O–H groups in total. The van der Waals surface area contributed by atoms with Gasteiger partial charge in [-0.1, -0.05) is 23.3 Å². The summed E-state index contributed by atoms with van der Waals surface area (Å²) in [7, 11) is 0. The third kappa shape index (κ3) is 3.89. The average molecular weight is 318 g/mol. The van der Waals surface area contributed by atoms with Crippen molar-refractivity contribution in [3.63, 3.8) is 0 Å². The summed E-state index contributed by atoms with van der Waals surface area (Å²) in [6, 6.07) is 0. The van der Waals surface area contributed by atoms with E-state index in [0.717, 1.165) is 13.2 Å². The van der Waals surface area contributed by atoms with E-state index in [1.165, 1.54) is 49.7 Å². The number of hydrogen-bond donors (Lipinski definition) is 0. The Kier molecular flexibility index (Phi) is 4.62. The third-order valence-corrected chi connectivity index (χ3v) is 6.34. The summed E-state index contributed by atoms with van der Waals surface area (Å²) < 4.78 is 17.1. The van der Waals surface area contributed by atoms with Gasteiger partial charge < -0.3 is 14.2 Å². The van der Waals surface area contributed by atoms with Gasteiger partial charge in [-0.2, -0.15) is 0 Å². The first-order valence-corrected chi connectivity index (χ1v) is 9.42. The predicted molar refractivity (Wildman–Crippen MR) is 90.3 cm³/mol. The molecule has 3 nitrogen and oxygen atoms in total. The van der Waals surface area contributed by atoms with Gasteiger partial charge in [0, 0.05) is 0 Å². The molecule has 0 bridgehead atoms. The van der Waals surface area contributed by atoms with Gasteiger partial charge in [-0.05, 0) is 64.2 Å². The van der Waals surface area contributed by atoms with Crippen molar-refractivity contribution in [1.82, 2.24) is 0 Å². The van der Waals surface area contributed by atoms with Gasteiger partial charge in [0.15, 0.2) is 0 Å². The smallest absolute Gasteiger partial charge is 0.0847 e. The van der Waals surface area contributed by atoms with Gasteiger partial charge in [-0.15, -0.1) is 0 Å². The second kappa shape index (κ2) is 6.70. The summed E-state index contributed by atoms with van der Waals surface area (Å²) in [6.07, 6.45) is 14.4. The highest BCUT2D eigenvalue weighted by Crippen LogP contribution is 2.42. The summed E-state index contributed by atoms with van der Waals surface area (Å²) in [6.45, 7) is 5.98. The number of fused-ring (bicyclic) bond motifs is 2. The average Bonchev–Trinajstić information content (AvgIpc) is 3.45. The molecule has 0 aromatic carbocycles. The van der Waals surface area contributed by atoms with Crippen LogP contribution in [0.1, 0.15) is 52.4 Å². The van der Waals surface area contributed by atoms with Crippen LogP contribution in [0.15, 0.2) is 23.3 Å². The molecule has 2 heterocycles. The monoisotopic (exact) mass is 318 g/mol. The van der Waals surface area contributed by atoms with Crippen molar-refractivity contribution in [3.8, 4) is 0 Å². The summed E-state index contributed by atoms with van der Waals surface area (Å²) in [5, 5.41) is 0. The van der Waals surface area contributed by atoms with Crippen LogP contribution in [0.5, 0.6) is 0 Å². The van der Waals surface area contributed by atoms with Crippen molar-refractivity contribution < 1.29 is 14.2 Å². The molecule has 4 aliphatic rings. The van der Waals surface area contributed by atoms with Crippen molar-refractivity contribution >= 4 is 0 Å². The van der Waals surface area contributed by atoms with Crippen LogP contribution in [0.3, 0.4) is 0 Å². The minimum absolute atomic E-state index is 0.564. The van der Waals surface area contributed by atoms with Crippen LogP contribution in [-0.4, -0.2) is 37.6 Å². The Balaban J connectivity index is 1.16. The fourth-order valence-corrected chi connectivity index (χ4v) is 4.42. The van der Waals surface area contributed by atoms with Crippen LogP contribution in [-0.2, 0) is 14.2 Å². The molecule has 0 spiro atoms. The molecule has 128 valence electrons. The molecule has 0 aromatic rings. The second-order valence-corrected chi connectivity index (χ2v) is 7.88. The highest BCUT2D eigenvalue weighted by Gasteiger charge is 2.44. The molecule has 6 atom stereocenters. The second-order valence-electron chi connectivity index (χ2n) is 7.88. The zero-order valence-corrected chi connectivity index (χ0v) is 14.5. The number of rotatable bonds is 6. The van der Waals surface area contributed by atoms with Gasteiger partial charge in [0.05, 0.1) is 37.6 Å². The molecule has 2 aliphatic heterocycles. The van der Waals surface area contributed by atoms with Crippen molar-refractivity contribution in [3.05, 3.63) is 23.3 Å². The van der Waals surface area contributed by atoms with Crippen molar-refractivity contribution in [2.24, 2.45) is 11.8 Å². The Morgan fingerprint density at radius 1 is 0.783 bits per heavy atom. The number of hydrogen-bond acceptors (Lipinski definition) is 3. The largest absolute Gasteiger partial charge is 0.373 e. The number of epoxide rings is 2. The minimum atomic E-state index is 0.564. The SMILES string of the molecule is CC(=CCOCC=C(C)C1CCC2OC2C1)C1CCC2OC2C1. The highest BCUT2D eigenvalue weighted by molar-refractivity contribution is 5.10. The Morgan fingerprint density at radius 2 is 1.26 bits per heavy atom. The maximum absolute atomic E-state index is 5.82. The molecule has 2 saturated heterocycles. The molecular formula is C20H30O3. The Hall–Kier alpha value is -0.640. The molecule has 2 saturated carbocycles. The molecule has 6 unspecified atom stereocenters. The van der Waals surface area contributed by atoms with Crippen LogP contribution in [0.4, 0.5) is 0 Å². The Bertz CT molecular complexity index is 451. The lowest BCUT2D eigenvalue weighted by Crippen LogP contribution is -2.15. The minimum Gasteiger partial charge on any atom is -0.373 e. The van der Waals surface area contributed by atoms with E-state index < -0.39 is 0 Å². The van der Waals surface area contributed by atoms with Crippen LogP contribution >= 0.6 is 0 Å². The third-order valence-electron chi connectivity index (χ3n) is 6.34. The first-order valence-electron chi connectivity index (χ1n) is 9.42. The van der Waals surface area contributed by atoms with Crippen molar-refractivity contribution in [2.45, 2.75) is 76.8 Å². The van der Waals surface area contributed by atoms with E-state index in [-0.39, 0.29) is 0 Å². The molecular weight excluding hydrogens is 288 g/mol. The summed E-state index contributed by atoms with van der Waals surface area (Å²) in [4.78, 5) is 0. The number of allylic oxidation sites excluding steroid dienone is 2. The first-order chi connectivity index (χ1) is 11.2. The van der Waals surface area contributed by atoms with Gasteiger partial charge in [-0.3, -0.25) is 0 Å². The van der Waals surface area contributed by atoms with E-state index in [9.17, 15) is 0 Å². The maximum Gasteiger partial charge on any atom is 0.0847 e. The van der Waals surface area contributed by atoms with Crippen LogP contribution in [0, 0.1) is 11.8 Å². The maximum atomic E-state index is 5.82. The molecule has 0 aromatic heterocycles. The number of ether oxygens (including phenoxy) is 3. The molecule has 23 heavy (non-hydrogen) atoms. The van der Waals surface area contributed by atoms with E-state index in [1.807, 2.05) is 0 Å². The summed E-state index contributed by atoms with van der Waals surface area (Å²) in [5.41, 5.74) is 2.98. The standard InChI is InChI=1S/C20H30O3/c1-13(15-3-5-17-19(11-15)22-17)7-9-21-10-8-14(2)16-4-6-18-20(12-16)23-18/h7-8,15-20H,3-6,9-12H2,1-2H3. The van der Waals surface area contributed by atoms with Crippen LogP contribution in [0.25, 0.3) is 0 Å². The van der Waals surface area contributed by atoms with Gasteiger partial charge in [0.2, 0.25) is 0 Å². The first kappa shape index (κ1) is 15.9. The fraction of sp³-hybridized carbons (Fsp3) is 0.800. The lowest BCUT2D eigenvalue weighted by atomic mass is 9.84. The molecule has 4 fully saturated rings. The topological polar surface area (TPSA) is 34.3 Å². The normalized spacial score (nSPS) is 42.9. The zero-order chi connectivity index (χ0) is 15.8. The predicted octanol–water partition coefficient (Wildman–Crippen LogP) is 4.03. The fourth-order valence-electron chi connectivity index (χ4n) is 4.42. The zero-order valence-electron chi connectivity index (χ0n) is 14.5. The quantitative estimate of drug-likeness (QED) is 0.421. The molecule has 2 aliphatic carbocycles. The lowest BCUT2D eigenvalue weighted by Gasteiger charge is -2.20. The van der Waals surface area contributed by atoms with Crippen molar-refractivity contribution in [1.29, 1.82) is 0 Å². The summed E-state index contributed by atoms with van der Waals surface area (Å²) >= 11 is 0. The van der Waals surface area contributed by atoms with E-state index in [2.05, 4.69) is 26.0 Å². The van der Waals surface area contributed by atoms with E-state index in [4.69, 9.17) is 14.2 Å². The highest BCUT2D eigenvalue weighted by atomic mass is 16.6. The van der Waals surface area contributed by atoms with Crippen LogP contribution in [0.2, 0.25) is 0 Å². The van der Waals surface area contributed by atoms with E-state index in [1.54, 1.807) is 0 Å².